The number of carbonyl (C=O) groups excluding carboxylic acids is 1. The number of imidazole rings is 1. The maximum absolute atomic E-state index is 13.8. The van der Waals surface area contributed by atoms with Gasteiger partial charge in [0.15, 0.2) is 0 Å². The second kappa shape index (κ2) is 11.3. The molecule has 0 atom stereocenters. The van der Waals surface area contributed by atoms with Crippen molar-refractivity contribution in [1.29, 1.82) is 0 Å². The van der Waals surface area contributed by atoms with Gasteiger partial charge in [-0.3, -0.25) is 4.79 Å². The summed E-state index contributed by atoms with van der Waals surface area (Å²) in [6.07, 6.45) is -2.89. The molecule has 0 bridgehead atoms. The fourth-order valence-electron chi connectivity index (χ4n) is 5.20. The smallest absolute Gasteiger partial charge is 0.385 e. The third-order valence-electron chi connectivity index (χ3n) is 7.45. The summed E-state index contributed by atoms with van der Waals surface area (Å²) in [5.74, 6) is -1.79. The van der Waals surface area contributed by atoms with Crippen LogP contribution in [0, 0.1) is 0 Å². The molecule has 0 aliphatic carbocycles. The van der Waals surface area contributed by atoms with Gasteiger partial charge in [0.05, 0.1) is 22.2 Å². The first kappa shape index (κ1) is 29.1. The van der Waals surface area contributed by atoms with Crippen molar-refractivity contribution in [3.8, 4) is 22.1 Å². The molecule has 4 heterocycles. The Morgan fingerprint density at radius 3 is 2.49 bits per heavy atom. The number of likely N-dealkylation sites (tertiary alicyclic amines) is 1. The number of alkyl halides is 3. The van der Waals surface area contributed by atoms with Gasteiger partial charge in [0.1, 0.15) is 4.70 Å². The Morgan fingerprint density at radius 1 is 1.07 bits per heavy atom. The van der Waals surface area contributed by atoms with Gasteiger partial charge in [-0.25, -0.2) is 14.3 Å². The van der Waals surface area contributed by atoms with E-state index in [2.05, 4.69) is 9.88 Å². The minimum absolute atomic E-state index is 0.102. The quantitative estimate of drug-likeness (QED) is 0.215. The van der Waals surface area contributed by atoms with Crippen LogP contribution in [0.3, 0.4) is 0 Å². The first-order valence-corrected chi connectivity index (χ1v) is 14.7. The number of thiophene rings is 1. The molecule has 1 aliphatic heterocycles. The second-order valence-corrected chi connectivity index (χ2v) is 11.9. The Morgan fingerprint density at radius 2 is 1.79 bits per heavy atom. The minimum Gasteiger partial charge on any atom is -0.385 e. The van der Waals surface area contributed by atoms with Crippen LogP contribution in [-0.4, -0.2) is 69.4 Å². The predicted octanol–water partition coefficient (Wildman–Crippen LogP) is 5.65. The van der Waals surface area contributed by atoms with Gasteiger partial charge in [0.2, 0.25) is 5.95 Å². The number of ether oxygens (including phenoxy) is 1. The second-order valence-electron chi connectivity index (χ2n) is 10.4. The molecule has 1 fully saturated rings. The molecular formula is C29H26ClF3N6O3S. The van der Waals surface area contributed by atoms with Gasteiger partial charge < -0.3 is 19.1 Å². The van der Waals surface area contributed by atoms with E-state index in [1.54, 1.807) is 42.5 Å². The van der Waals surface area contributed by atoms with Gasteiger partial charge in [0, 0.05) is 37.1 Å². The topological polar surface area (TPSA) is 85.5 Å². The van der Waals surface area contributed by atoms with E-state index in [0.717, 1.165) is 47.6 Å². The fraction of sp³-hybridized carbons (Fsp3) is 0.310. The summed E-state index contributed by atoms with van der Waals surface area (Å²) in [6.45, 7) is 3.83. The molecule has 3 aromatic heterocycles. The van der Waals surface area contributed by atoms with E-state index in [9.17, 15) is 22.8 Å². The van der Waals surface area contributed by atoms with E-state index in [-0.39, 0.29) is 15.9 Å². The molecule has 9 nitrogen and oxygen atoms in total. The van der Waals surface area contributed by atoms with Crippen LogP contribution in [0.1, 0.15) is 12.8 Å². The molecule has 0 saturated carbocycles. The summed E-state index contributed by atoms with van der Waals surface area (Å²) in [5.41, 5.74) is 1.60. The molecule has 0 amide bonds. The third kappa shape index (κ3) is 5.71. The Hall–Kier alpha value is -3.94. The Labute approximate surface area is 252 Å². The number of rotatable bonds is 7. The molecule has 0 N–H and O–H groups in total. The van der Waals surface area contributed by atoms with Gasteiger partial charge in [-0.1, -0.05) is 23.7 Å². The zero-order valence-electron chi connectivity index (χ0n) is 23.2. The summed E-state index contributed by atoms with van der Waals surface area (Å²) >= 11 is 7.12. The molecule has 1 saturated heterocycles. The normalized spacial score (nSPS) is 14.2. The molecule has 0 spiro atoms. The monoisotopic (exact) mass is 630 g/mol. The lowest BCUT2D eigenvalue weighted by atomic mass is 10.2. The van der Waals surface area contributed by atoms with E-state index in [0.29, 0.717) is 26.9 Å². The van der Waals surface area contributed by atoms with E-state index < -0.39 is 23.7 Å². The van der Waals surface area contributed by atoms with Crippen molar-refractivity contribution >= 4 is 56.1 Å². The lowest BCUT2D eigenvalue weighted by Crippen LogP contribution is -2.32. The van der Waals surface area contributed by atoms with Crippen molar-refractivity contribution in [2.24, 2.45) is 7.05 Å². The Kier molecular flexibility index (Phi) is 7.65. The van der Waals surface area contributed by atoms with Crippen molar-refractivity contribution in [3.05, 3.63) is 63.9 Å². The number of nitrogens with zero attached hydrogens (tertiary/aromatic N) is 6. The SMILES string of the molecule is CN(CCN1CCCC1)c1nc2ccc(-n3c(OC(=O)C(F)(F)F)nc4cc(-c5ccc(Cl)cc5)sc4c3=O)cc2n1C. The number of esters is 1. The van der Waals surface area contributed by atoms with Crippen molar-refractivity contribution in [2.75, 3.05) is 38.1 Å². The van der Waals surface area contributed by atoms with Gasteiger partial charge in [0.25, 0.3) is 5.56 Å². The number of carbonyl (C=O) groups is 1. The number of hydrogen-bond donors (Lipinski definition) is 0. The van der Waals surface area contributed by atoms with Gasteiger partial charge in [-0.2, -0.15) is 18.2 Å². The van der Waals surface area contributed by atoms with Crippen molar-refractivity contribution in [3.63, 3.8) is 0 Å². The maximum atomic E-state index is 13.8. The number of anilines is 1. The first-order valence-electron chi connectivity index (χ1n) is 13.5. The predicted molar refractivity (Wildman–Crippen MR) is 161 cm³/mol. The van der Waals surface area contributed by atoms with Gasteiger partial charge in [-0.15, -0.1) is 11.3 Å². The lowest BCUT2D eigenvalue weighted by Gasteiger charge is -2.22. The lowest BCUT2D eigenvalue weighted by molar-refractivity contribution is -0.190. The maximum Gasteiger partial charge on any atom is 0.491 e. The number of halogens is 4. The molecular weight excluding hydrogens is 605 g/mol. The van der Waals surface area contributed by atoms with Crippen LogP contribution in [0.5, 0.6) is 6.01 Å². The van der Waals surface area contributed by atoms with Crippen LogP contribution in [-0.2, 0) is 11.8 Å². The molecule has 5 aromatic rings. The van der Waals surface area contributed by atoms with Crippen molar-refractivity contribution in [1.82, 2.24) is 24.0 Å². The molecule has 0 radical (unpaired) electrons. The van der Waals surface area contributed by atoms with Crippen LogP contribution < -0.4 is 15.2 Å². The standard InChI is InChI=1S/C29H26ClF3N6O3S/c1-36(13-14-38-11-3-4-12-38)27-34-20-10-9-19(15-22(20)37(27)2)39-25(40)24-21(35-28(39)42-26(41)29(31,32)33)16-23(43-24)17-5-7-18(30)8-6-17/h5-10,15-16H,3-4,11-14H2,1-2H3. The number of hydrogen-bond acceptors (Lipinski definition) is 8. The summed E-state index contributed by atoms with van der Waals surface area (Å²) in [5, 5.41) is 0.526. The average Bonchev–Trinajstić information content (AvgIpc) is 3.71. The number of likely N-dealkylation sites (N-methyl/N-ethyl adjacent to an activating group) is 1. The molecule has 2 aromatic carbocycles. The number of benzene rings is 2. The highest BCUT2D eigenvalue weighted by molar-refractivity contribution is 7.22. The highest BCUT2D eigenvalue weighted by atomic mass is 35.5. The van der Waals surface area contributed by atoms with E-state index >= 15 is 0 Å². The van der Waals surface area contributed by atoms with Gasteiger partial charge in [-0.05, 0) is 67.9 Å². The van der Waals surface area contributed by atoms with Crippen LogP contribution in [0.4, 0.5) is 19.1 Å². The Bertz CT molecular complexity index is 1890. The average molecular weight is 631 g/mol. The highest BCUT2D eigenvalue weighted by Crippen LogP contribution is 2.34. The molecule has 224 valence electrons. The first-order chi connectivity index (χ1) is 20.5. The zero-order valence-corrected chi connectivity index (χ0v) is 24.8. The minimum atomic E-state index is -5.29. The largest absolute Gasteiger partial charge is 0.491 e. The van der Waals surface area contributed by atoms with Crippen molar-refractivity contribution < 1.29 is 22.7 Å². The molecule has 6 rings (SSSR count). The molecule has 43 heavy (non-hydrogen) atoms. The summed E-state index contributed by atoms with van der Waals surface area (Å²) < 4.78 is 47.3. The zero-order chi connectivity index (χ0) is 30.5. The van der Waals surface area contributed by atoms with Crippen LogP contribution in [0.15, 0.2) is 53.3 Å². The summed E-state index contributed by atoms with van der Waals surface area (Å²) in [4.78, 5) is 39.7. The molecule has 1 aliphatic rings. The highest BCUT2D eigenvalue weighted by Gasteiger charge is 2.42. The van der Waals surface area contributed by atoms with E-state index in [1.165, 1.54) is 18.9 Å². The van der Waals surface area contributed by atoms with E-state index in [1.807, 2.05) is 23.6 Å². The summed E-state index contributed by atoms with van der Waals surface area (Å²) in [7, 11) is 3.78. The summed E-state index contributed by atoms with van der Waals surface area (Å²) in [6, 6.07) is 12.5. The third-order valence-corrected chi connectivity index (χ3v) is 8.87. The number of aromatic nitrogens is 4. The Balaban J connectivity index is 1.43. The molecule has 0 unspecified atom stereocenters. The fourth-order valence-corrected chi connectivity index (χ4v) is 6.35. The van der Waals surface area contributed by atoms with Crippen LogP contribution in [0.25, 0.3) is 37.4 Å². The number of aryl methyl sites for hydroxylation is 1. The molecule has 14 heteroatoms. The van der Waals surface area contributed by atoms with Gasteiger partial charge >= 0.3 is 18.2 Å². The van der Waals surface area contributed by atoms with Crippen LogP contribution >= 0.6 is 22.9 Å². The van der Waals surface area contributed by atoms with Crippen molar-refractivity contribution in [2.45, 2.75) is 19.0 Å². The van der Waals surface area contributed by atoms with E-state index in [4.69, 9.17) is 21.3 Å². The van der Waals surface area contributed by atoms with Crippen LogP contribution in [0.2, 0.25) is 5.02 Å². The number of fused-ring (bicyclic) bond motifs is 2.